The number of halogens is 1. The summed E-state index contributed by atoms with van der Waals surface area (Å²) in [7, 11) is 0. The summed E-state index contributed by atoms with van der Waals surface area (Å²) in [5.74, 6) is 0. The highest BCUT2D eigenvalue weighted by Gasteiger charge is 1.96. The lowest BCUT2D eigenvalue weighted by atomic mass is 10.3. The van der Waals surface area contributed by atoms with Gasteiger partial charge in [0, 0.05) is 23.5 Å². The monoisotopic (exact) mass is 201 g/mol. The third-order valence-electron chi connectivity index (χ3n) is 1.61. The minimum Gasteiger partial charge on any atom is -0.308 e. The summed E-state index contributed by atoms with van der Waals surface area (Å²) in [5, 5.41) is 5.38. The molecule has 0 radical (unpaired) electrons. The minimum atomic E-state index is 0.834. The van der Waals surface area contributed by atoms with Crippen molar-refractivity contribution in [2.75, 3.05) is 6.54 Å². The Morgan fingerprint density at radius 2 is 2.50 bits per heavy atom. The summed E-state index contributed by atoms with van der Waals surface area (Å²) in [6.07, 6.45) is 1.89. The Balaban J connectivity index is 2.28. The van der Waals surface area contributed by atoms with Crippen LogP contribution in [0.3, 0.4) is 0 Å². The van der Waals surface area contributed by atoms with Crippen LogP contribution in [0.15, 0.2) is 23.1 Å². The molecule has 0 aliphatic rings. The molecule has 12 heavy (non-hydrogen) atoms. The zero-order chi connectivity index (χ0) is 8.81. The van der Waals surface area contributed by atoms with Crippen LogP contribution in [0.1, 0.15) is 10.4 Å². The molecule has 0 atom stereocenters. The van der Waals surface area contributed by atoms with E-state index in [1.54, 1.807) is 11.3 Å². The number of rotatable bonds is 4. The fraction of sp³-hybridized carbons (Fsp3) is 0.333. The first kappa shape index (κ1) is 9.78. The van der Waals surface area contributed by atoms with Crippen molar-refractivity contribution < 1.29 is 0 Å². The molecule has 0 saturated carbocycles. The van der Waals surface area contributed by atoms with E-state index in [1.807, 2.05) is 6.08 Å². The van der Waals surface area contributed by atoms with Crippen LogP contribution in [0.2, 0.25) is 0 Å². The molecule has 0 saturated heterocycles. The summed E-state index contributed by atoms with van der Waals surface area (Å²) in [6, 6.07) is 2.14. The Hall–Kier alpha value is -0.310. The minimum absolute atomic E-state index is 0.834. The predicted molar refractivity (Wildman–Crippen MR) is 55.8 cm³/mol. The van der Waals surface area contributed by atoms with E-state index in [2.05, 4.69) is 23.7 Å². The number of hydrogen-bond donors (Lipinski definition) is 1. The number of aryl methyl sites for hydroxylation is 1. The van der Waals surface area contributed by atoms with Gasteiger partial charge in [-0.1, -0.05) is 17.7 Å². The van der Waals surface area contributed by atoms with Gasteiger partial charge in [0.1, 0.15) is 0 Å². The maximum Gasteiger partial charge on any atom is 0.0305 e. The largest absolute Gasteiger partial charge is 0.308 e. The molecule has 3 heteroatoms. The molecule has 0 bridgehead atoms. The first-order chi connectivity index (χ1) is 5.84. The summed E-state index contributed by atoms with van der Waals surface area (Å²) >= 11 is 7.16. The van der Waals surface area contributed by atoms with Crippen molar-refractivity contribution in [3.63, 3.8) is 0 Å². The zero-order valence-electron chi connectivity index (χ0n) is 7.01. The van der Waals surface area contributed by atoms with E-state index >= 15 is 0 Å². The van der Waals surface area contributed by atoms with E-state index < -0.39 is 0 Å². The first-order valence-corrected chi connectivity index (χ1v) is 5.15. The third-order valence-corrected chi connectivity index (χ3v) is 2.81. The van der Waals surface area contributed by atoms with E-state index in [1.165, 1.54) is 16.0 Å². The fourth-order valence-corrected chi connectivity index (χ4v) is 1.86. The summed E-state index contributed by atoms with van der Waals surface area (Å²) in [6.45, 7) is 3.90. The average molecular weight is 202 g/mol. The Bertz CT molecular complexity index is 255. The fourth-order valence-electron chi connectivity index (χ4n) is 0.899. The van der Waals surface area contributed by atoms with Gasteiger partial charge in [-0.15, -0.1) is 11.3 Å². The van der Waals surface area contributed by atoms with Gasteiger partial charge in [-0.3, -0.25) is 0 Å². The lowest BCUT2D eigenvalue weighted by Crippen LogP contribution is -2.12. The molecule has 66 valence electrons. The number of thiophene rings is 1. The predicted octanol–water partition coefficient (Wildman–Crippen LogP) is 2.90. The van der Waals surface area contributed by atoms with E-state index in [9.17, 15) is 0 Å². The molecule has 1 N–H and O–H groups in total. The van der Waals surface area contributed by atoms with Gasteiger partial charge in [0.25, 0.3) is 0 Å². The molecule has 1 aromatic rings. The third kappa shape index (κ3) is 2.97. The second-order valence-corrected chi connectivity index (χ2v) is 3.77. The Labute approximate surface area is 82.1 Å². The van der Waals surface area contributed by atoms with Crippen molar-refractivity contribution in [2.24, 2.45) is 0 Å². The zero-order valence-corrected chi connectivity index (χ0v) is 8.58. The van der Waals surface area contributed by atoms with Gasteiger partial charge < -0.3 is 5.32 Å². The van der Waals surface area contributed by atoms with Crippen molar-refractivity contribution in [1.82, 2.24) is 5.32 Å². The second-order valence-electron chi connectivity index (χ2n) is 2.52. The highest BCUT2D eigenvalue weighted by Crippen LogP contribution is 2.14. The van der Waals surface area contributed by atoms with E-state index in [-0.39, 0.29) is 0 Å². The van der Waals surface area contributed by atoms with Crippen LogP contribution >= 0.6 is 22.9 Å². The Morgan fingerprint density at radius 1 is 1.67 bits per heavy atom. The quantitative estimate of drug-likeness (QED) is 0.739. The molecule has 1 rings (SSSR count). The highest BCUT2D eigenvalue weighted by molar-refractivity contribution is 7.10. The van der Waals surface area contributed by atoms with Crippen LogP contribution in [0, 0.1) is 6.92 Å². The SMILES string of the molecule is Cc1ccsc1CNC/C=C/Cl. The molecular formula is C9H12ClNS. The molecule has 0 aliphatic heterocycles. The van der Waals surface area contributed by atoms with Gasteiger partial charge in [0.2, 0.25) is 0 Å². The lowest BCUT2D eigenvalue weighted by Gasteiger charge is -1.99. The average Bonchev–Trinajstić information content (AvgIpc) is 2.46. The summed E-state index contributed by atoms with van der Waals surface area (Å²) < 4.78 is 0. The molecule has 1 nitrogen and oxygen atoms in total. The summed E-state index contributed by atoms with van der Waals surface area (Å²) in [4.78, 5) is 1.40. The number of nitrogens with one attached hydrogen (secondary N) is 1. The smallest absolute Gasteiger partial charge is 0.0305 e. The molecule has 0 fully saturated rings. The molecule has 0 amide bonds. The van der Waals surface area contributed by atoms with Gasteiger partial charge in [-0.05, 0) is 23.9 Å². The second kappa shape index (κ2) is 5.36. The van der Waals surface area contributed by atoms with Gasteiger partial charge in [0.15, 0.2) is 0 Å². The van der Waals surface area contributed by atoms with Gasteiger partial charge in [-0.25, -0.2) is 0 Å². The van der Waals surface area contributed by atoms with E-state index in [0.29, 0.717) is 0 Å². The van der Waals surface area contributed by atoms with Crippen LogP contribution in [0.25, 0.3) is 0 Å². The van der Waals surface area contributed by atoms with Gasteiger partial charge in [-0.2, -0.15) is 0 Å². The molecular weight excluding hydrogens is 190 g/mol. The molecule has 0 unspecified atom stereocenters. The molecule has 0 aromatic carbocycles. The standard InChI is InChI=1S/C9H12ClNS/c1-8-3-6-12-9(8)7-11-5-2-4-10/h2-4,6,11H,5,7H2,1H3/b4-2+. The van der Waals surface area contributed by atoms with Crippen molar-refractivity contribution >= 4 is 22.9 Å². The highest BCUT2D eigenvalue weighted by atomic mass is 35.5. The van der Waals surface area contributed by atoms with Crippen molar-refractivity contribution in [3.05, 3.63) is 33.5 Å². The van der Waals surface area contributed by atoms with Crippen LogP contribution in [-0.2, 0) is 6.54 Å². The van der Waals surface area contributed by atoms with Gasteiger partial charge in [0.05, 0.1) is 0 Å². The number of hydrogen-bond acceptors (Lipinski definition) is 2. The van der Waals surface area contributed by atoms with E-state index in [0.717, 1.165) is 13.1 Å². The van der Waals surface area contributed by atoms with Crippen molar-refractivity contribution in [3.8, 4) is 0 Å². The Morgan fingerprint density at radius 3 is 3.08 bits per heavy atom. The molecule has 0 spiro atoms. The summed E-state index contributed by atoms with van der Waals surface area (Å²) in [5.41, 5.74) is 2.90. The maximum absolute atomic E-state index is 5.38. The van der Waals surface area contributed by atoms with Crippen LogP contribution in [-0.4, -0.2) is 6.54 Å². The lowest BCUT2D eigenvalue weighted by molar-refractivity contribution is 0.767. The van der Waals surface area contributed by atoms with Gasteiger partial charge >= 0.3 is 0 Å². The first-order valence-electron chi connectivity index (χ1n) is 3.83. The van der Waals surface area contributed by atoms with Crippen LogP contribution < -0.4 is 5.32 Å². The van der Waals surface area contributed by atoms with Crippen molar-refractivity contribution in [1.29, 1.82) is 0 Å². The topological polar surface area (TPSA) is 12.0 Å². The maximum atomic E-state index is 5.38. The Kier molecular flexibility index (Phi) is 4.36. The molecule has 1 heterocycles. The van der Waals surface area contributed by atoms with E-state index in [4.69, 9.17) is 11.6 Å². The van der Waals surface area contributed by atoms with Crippen molar-refractivity contribution in [2.45, 2.75) is 13.5 Å². The molecule has 1 aromatic heterocycles. The van der Waals surface area contributed by atoms with Crippen LogP contribution in [0.4, 0.5) is 0 Å². The molecule has 0 aliphatic carbocycles. The normalized spacial score (nSPS) is 11.2. The van der Waals surface area contributed by atoms with Crippen LogP contribution in [0.5, 0.6) is 0 Å².